The summed E-state index contributed by atoms with van der Waals surface area (Å²) >= 11 is 1.43. The van der Waals surface area contributed by atoms with Gasteiger partial charge in [0, 0.05) is 30.6 Å². The van der Waals surface area contributed by atoms with Gasteiger partial charge in [0.25, 0.3) is 5.91 Å². The van der Waals surface area contributed by atoms with Crippen molar-refractivity contribution in [1.29, 1.82) is 0 Å². The summed E-state index contributed by atoms with van der Waals surface area (Å²) in [6.07, 6.45) is 2.25. The number of amides is 1. The van der Waals surface area contributed by atoms with Crippen LogP contribution in [0.3, 0.4) is 0 Å². The van der Waals surface area contributed by atoms with Gasteiger partial charge in [0.15, 0.2) is 0 Å². The molecular formula is C12H16Cl2N4O2S. The standard InChI is InChI=1S/C12H14N4O2S.2ClH/c13-4-3-11-16-9(7-19-11)12(18)15-6-8-1-2-10(17)14-5-8;;/h1-2,5,7H,3-4,6,13H2,(H,14,17)(H,15,18);2*1H. The van der Waals surface area contributed by atoms with E-state index in [2.05, 4.69) is 15.3 Å². The highest BCUT2D eigenvalue weighted by Crippen LogP contribution is 2.10. The first-order valence-electron chi connectivity index (χ1n) is 5.79. The highest BCUT2D eigenvalue weighted by molar-refractivity contribution is 7.09. The van der Waals surface area contributed by atoms with Crippen LogP contribution in [0.15, 0.2) is 28.5 Å². The lowest BCUT2D eigenvalue weighted by Gasteiger charge is -2.02. The number of hydrogen-bond donors (Lipinski definition) is 3. The fourth-order valence-electron chi connectivity index (χ4n) is 1.48. The van der Waals surface area contributed by atoms with Crippen LogP contribution in [0.1, 0.15) is 21.1 Å². The molecule has 0 spiro atoms. The van der Waals surface area contributed by atoms with E-state index in [4.69, 9.17) is 5.73 Å². The zero-order valence-corrected chi connectivity index (χ0v) is 13.4. The molecule has 2 rings (SSSR count). The minimum atomic E-state index is -0.231. The van der Waals surface area contributed by atoms with E-state index >= 15 is 0 Å². The van der Waals surface area contributed by atoms with E-state index in [1.807, 2.05) is 0 Å². The van der Waals surface area contributed by atoms with Gasteiger partial charge in [-0.05, 0) is 12.1 Å². The fourth-order valence-corrected chi connectivity index (χ4v) is 2.27. The number of hydrogen-bond acceptors (Lipinski definition) is 5. The van der Waals surface area contributed by atoms with Crippen LogP contribution in [0.4, 0.5) is 0 Å². The van der Waals surface area contributed by atoms with E-state index in [0.29, 0.717) is 25.2 Å². The molecule has 2 heterocycles. The van der Waals surface area contributed by atoms with E-state index in [1.165, 1.54) is 17.4 Å². The second kappa shape index (κ2) is 9.51. The van der Waals surface area contributed by atoms with Crippen molar-refractivity contribution in [3.63, 3.8) is 0 Å². The topological polar surface area (TPSA) is 101 Å². The number of carbonyl (C=O) groups is 1. The molecular weight excluding hydrogens is 335 g/mol. The van der Waals surface area contributed by atoms with Crippen LogP contribution in [0.2, 0.25) is 0 Å². The monoisotopic (exact) mass is 350 g/mol. The molecule has 0 fully saturated rings. The van der Waals surface area contributed by atoms with Crippen LogP contribution < -0.4 is 16.6 Å². The third kappa shape index (κ3) is 5.84. The van der Waals surface area contributed by atoms with Crippen molar-refractivity contribution in [3.8, 4) is 0 Å². The van der Waals surface area contributed by atoms with Crippen molar-refractivity contribution < 1.29 is 4.79 Å². The van der Waals surface area contributed by atoms with Gasteiger partial charge in [-0.1, -0.05) is 6.07 Å². The largest absolute Gasteiger partial charge is 0.347 e. The summed E-state index contributed by atoms with van der Waals surface area (Å²) in [4.78, 5) is 29.5. The number of H-pyrrole nitrogens is 1. The molecule has 0 aliphatic heterocycles. The minimum absolute atomic E-state index is 0. The van der Waals surface area contributed by atoms with Crippen LogP contribution in [-0.2, 0) is 13.0 Å². The summed E-state index contributed by atoms with van der Waals surface area (Å²) in [5.41, 5.74) is 6.49. The number of halogens is 2. The smallest absolute Gasteiger partial charge is 0.271 e. The quantitative estimate of drug-likeness (QED) is 0.751. The average molecular weight is 351 g/mol. The Hall–Kier alpha value is -1.41. The minimum Gasteiger partial charge on any atom is -0.347 e. The van der Waals surface area contributed by atoms with Gasteiger partial charge in [-0.3, -0.25) is 9.59 Å². The molecule has 0 saturated heterocycles. The van der Waals surface area contributed by atoms with Crippen molar-refractivity contribution in [1.82, 2.24) is 15.3 Å². The lowest BCUT2D eigenvalue weighted by Crippen LogP contribution is -2.23. The van der Waals surface area contributed by atoms with E-state index in [-0.39, 0.29) is 36.3 Å². The fraction of sp³-hybridized carbons (Fsp3) is 0.250. The van der Waals surface area contributed by atoms with Crippen LogP contribution in [0.5, 0.6) is 0 Å². The SMILES string of the molecule is Cl.Cl.NCCc1nc(C(=O)NCc2ccc(=O)[nH]c2)cs1. The van der Waals surface area contributed by atoms with Crippen LogP contribution in [0, 0.1) is 0 Å². The molecule has 0 atom stereocenters. The van der Waals surface area contributed by atoms with Gasteiger partial charge >= 0.3 is 0 Å². The molecule has 6 nitrogen and oxygen atoms in total. The molecule has 0 aromatic carbocycles. The third-order valence-corrected chi connectivity index (χ3v) is 3.35. The van der Waals surface area contributed by atoms with E-state index in [0.717, 1.165) is 10.6 Å². The van der Waals surface area contributed by atoms with Crippen molar-refractivity contribution in [2.24, 2.45) is 5.73 Å². The Morgan fingerprint density at radius 2 is 2.14 bits per heavy atom. The molecule has 2 aromatic rings. The number of pyridine rings is 1. The normalized spacial score (nSPS) is 9.38. The second-order valence-corrected chi connectivity index (χ2v) is 4.85. The average Bonchev–Trinajstić information content (AvgIpc) is 2.87. The molecule has 0 aliphatic rings. The molecule has 0 saturated carbocycles. The molecule has 116 valence electrons. The van der Waals surface area contributed by atoms with Gasteiger partial charge in [0.05, 0.1) is 5.01 Å². The van der Waals surface area contributed by atoms with Gasteiger partial charge in [-0.15, -0.1) is 36.2 Å². The lowest BCUT2D eigenvalue weighted by molar-refractivity contribution is 0.0946. The Bertz CT molecular complexity index is 609. The van der Waals surface area contributed by atoms with Crippen LogP contribution >= 0.6 is 36.2 Å². The Labute approximate surface area is 138 Å². The predicted molar refractivity (Wildman–Crippen MR) is 87.6 cm³/mol. The lowest BCUT2D eigenvalue weighted by atomic mass is 10.3. The number of nitrogens with zero attached hydrogens (tertiary/aromatic N) is 1. The molecule has 2 aromatic heterocycles. The van der Waals surface area contributed by atoms with Gasteiger partial charge < -0.3 is 16.0 Å². The Morgan fingerprint density at radius 3 is 2.76 bits per heavy atom. The van der Waals surface area contributed by atoms with Crippen LogP contribution in [0.25, 0.3) is 0 Å². The summed E-state index contributed by atoms with van der Waals surface area (Å²) < 4.78 is 0. The first-order chi connectivity index (χ1) is 9.19. The van der Waals surface area contributed by atoms with Crippen molar-refractivity contribution in [2.75, 3.05) is 6.54 Å². The van der Waals surface area contributed by atoms with Crippen molar-refractivity contribution in [2.45, 2.75) is 13.0 Å². The van der Waals surface area contributed by atoms with Crippen molar-refractivity contribution >= 4 is 42.1 Å². The third-order valence-electron chi connectivity index (χ3n) is 2.44. The first kappa shape index (κ1) is 19.6. The molecule has 0 aliphatic carbocycles. The first-order valence-corrected chi connectivity index (χ1v) is 6.67. The maximum atomic E-state index is 11.8. The number of carbonyl (C=O) groups excluding carboxylic acids is 1. The number of thiazole rings is 1. The summed E-state index contributed by atoms with van der Waals surface area (Å²) in [6.45, 7) is 0.866. The van der Waals surface area contributed by atoms with E-state index in [9.17, 15) is 9.59 Å². The summed E-state index contributed by atoms with van der Waals surface area (Å²) in [5, 5.41) is 5.32. The summed E-state index contributed by atoms with van der Waals surface area (Å²) in [7, 11) is 0. The second-order valence-electron chi connectivity index (χ2n) is 3.91. The van der Waals surface area contributed by atoms with E-state index in [1.54, 1.807) is 17.6 Å². The van der Waals surface area contributed by atoms with Gasteiger partial charge in [-0.2, -0.15) is 0 Å². The summed E-state index contributed by atoms with van der Waals surface area (Å²) in [6, 6.07) is 3.09. The highest BCUT2D eigenvalue weighted by atomic mass is 35.5. The predicted octanol–water partition coefficient (Wildman–Crippen LogP) is 1.11. The molecule has 0 bridgehead atoms. The maximum absolute atomic E-state index is 11.8. The van der Waals surface area contributed by atoms with Crippen molar-refractivity contribution in [3.05, 3.63) is 50.3 Å². The number of nitrogens with one attached hydrogen (secondary N) is 2. The molecule has 0 radical (unpaired) electrons. The number of nitrogens with two attached hydrogens (primary N) is 1. The Balaban J connectivity index is 0.00000200. The highest BCUT2D eigenvalue weighted by Gasteiger charge is 2.09. The van der Waals surface area contributed by atoms with Gasteiger partial charge in [0.1, 0.15) is 5.69 Å². The Kier molecular flexibility index (Phi) is 8.87. The van der Waals surface area contributed by atoms with Crippen LogP contribution in [-0.4, -0.2) is 22.4 Å². The zero-order chi connectivity index (χ0) is 13.7. The number of aromatic amines is 1. The summed E-state index contributed by atoms with van der Waals surface area (Å²) in [5.74, 6) is -0.231. The molecule has 4 N–H and O–H groups in total. The van der Waals surface area contributed by atoms with Gasteiger partial charge in [-0.25, -0.2) is 4.98 Å². The molecule has 0 unspecified atom stereocenters. The van der Waals surface area contributed by atoms with Gasteiger partial charge in [0.2, 0.25) is 5.56 Å². The number of aromatic nitrogens is 2. The molecule has 21 heavy (non-hydrogen) atoms. The molecule has 9 heteroatoms. The number of rotatable bonds is 5. The van der Waals surface area contributed by atoms with E-state index < -0.39 is 0 Å². The maximum Gasteiger partial charge on any atom is 0.271 e. The Morgan fingerprint density at radius 1 is 1.38 bits per heavy atom. The molecule has 1 amide bonds. The zero-order valence-electron chi connectivity index (χ0n) is 11.0.